The Balaban J connectivity index is -0.000000256. The van der Waals surface area contributed by atoms with Crippen LogP contribution in [0.3, 0.4) is 0 Å². The first-order valence-electron chi connectivity index (χ1n) is 6.14. The summed E-state index contributed by atoms with van der Waals surface area (Å²) < 4.78 is 0. The summed E-state index contributed by atoms with van der Waals surface area (Å²) in [6.07, 6.45) is 1.31. The Labute approximate surface area is 154 Å². The first-order chi connectivity index (χ1) is 8.36. The van der Waals surface area contributed by atoms with Crippen molar-refractivity contribution in [1.82, 2.24) is 0 Å². The number of aliphatic carboxylic acids is 2. The molecule has 0 radical (unpaired) electrons. The Bertz CT molecular complexity index is 210. The van der Waals surface area contributed by atoms with Crippen LogP contribution < -0.4 is 10.2 Å². The largest absolute Gasteiger partial charge is 2.00 e. The molecule has 2 atom stereocenters. The second kappa shape index (κ2) is 16.5. The molecule has 0 saturated heterocycles. The number of carboxylic acids is 2. The number of aliphatic hydroxyl groups is 2. The summed E-state index contributed by atoms with van der Waals surface area (Å²) in [4.78, 5) is 19.7. The van der Waals surface area contributed by atoms with Crippen molar-refractivity contribution in [3.05, 3.63) is 0 Å². The van der Waals surface area contributed by atoms with Crippen molar-refractivity contribution in [2.24, 2.45) is 0 Å². The van der Waals surface area contributed by atoms with Crippen LogP contribution in [0.2, 0.25) is 0 Å². The molecule has 0 amide bonds. The zero-order valence-corrected chi connectivity index (χ0v) is 16.1. The SMILES string of the molecule is CCCC[C@H](O)C(=O)[O-].CCCC[C@H](O)C(=O)[O-].[Ba+2]. The Morgan fingerprint density at radius 2 is 1.16 bits per heavy atom. The van der Waals surface area contributed by atoms with E-state index in [9.17, 15) is 19.8 Å². The number of carbonyl (C=O) groups excluding carboxylic acids is 2. The van der Waals surface area contributed by atoms with Crippen LogP contribution in [0.1, 0.15) is 52.4 Å². The Kier molecular flexibility index (Phi) is 21.2. The molecule has 19 heavy (non-hydrogen) atoms. The third-order valence-corrected chi connectivity index (χ3v) is 2.21. The molecule has 2 N–H and O–H groups in total. The molecule has 6 nitrogen and oxygen atoms in total. The topological polar surface area (TPSA) is 121 Å². The van der Waals surface area contributed by atoms with Gasteiger partial charge in [0.1, 0.15) is 0 Å². The first-order valence-corrected chi connectivity index (χ1v) is 6.14. The van der Waals surface area contributed by atoms with Gasteiger partial charge in [-0.2, -0.15) is 0 Å². The Morgan fingerprint density at radius 3 is 1.32 bits per heavy atom. The fourth-order valence-electron chi connectivity index (χ4n) is 1.03. The molecule has 0 bridgehead atoms. The molecule has 0 aliphatic rings. The van der Waals surface area contributed by atoms with Crippen molar-refractivity contribution < 1.29 is 30.0 Å². The monoisotopic (exact) mass is 400 g/mol. The van der Waals surface area contributed by atoms with E-state index in [1.807, 2.05) is 13.8 Å². The van der Waals surface area contributed by atoms with E-state index in [1.54, 1.807) is 0 Å². The third kappa shape index (κ3) is 18.4. The van der Waals surface area contributed by atoms with Crippen molar-refractivity contribution in [3.8, 4) is 0 Å². The summed E-state index contributed by atoms with van der Waals surface area (Å²) in [6, 6.07) is 0. The zero-order valence-electron chi connectivity index (χ0n) is 11.6. The van der Waals surface area contributed by atoms with Gasteiger partial charge in [-0.1, -0.05) is 39.5 Å². The summed E-state index contributed by atoms with van der Waals surface area (Å²) in [5.74, 6) is -2.74. The minimum Gasteiger partial charge on any atom is -0.547 e. The van der Waals surface area contributed by atoms with Crippen molar-refractivity contribution in [1.29, 1.82) is 0 Å². The molecule has 0 aliphatic carbocycles. The number of hydrogen-bond donors (Lipinski definition) is 2. The number of aliphatic hydroxyl groups excluding tert-OH is 2. The predicted octanol–water partition coefficient (Wildman–Crippen LogP) is -1.81. The van der Waals surface area contributed by atoms with Gasteiger partial charge in [0.2, 0.25) is 0 Å². The van der Waals surface area contributed by atoms with Crippen molar-refractivity contribution >= 4 is 60.8 Å². The van der Waals surface area contributed by atoms with Crippen LogP contribution in [0.5, 0.6) is 0 Å². The van der Waals surface area contributed by atoms with E-state index >= 15 is 0 Å². The molecule has 0 fully saturated rings. The van der Waals surface area contributed by atoms with Crippen LogP contribution >= 0.6 is 0 Å². The molecule has 7 heteroatoms. The molecule has 0 spiro atoms. The van der Waals surface area contributed by atoms with E-state index < -0.39 is 24.1 Å². The summed E-state index contributed by atoms with van der Waals surface area (Å²) in [5, 5.41) is 36.9. The van der Waals surface area contributed by atoms with E-state index in [1.165, 1.54) is 0 Å². The van der Waals surface area contributed by atoms with Crippen LogP contribution in [0.15, 0.2) is 0 Å². The maximum Gasteiger partial charge on any atom is 2.00 e. The quantitative estimate of drug-likeness (QED) is 0.464. The van der Waals surface area contributed by atoms with Gasteiger partial charge in [-0.3, -0.25) is 0 Å². The van der Waals surface area contributed by atoms with E-state index in [4.69, 9.17) is 10.2 Å². The van der Waals surface area contributed by atoms with Crippen molar-refractivity contribution in [3.63, 3.8) is 0 Å². The summed E-state index contributed by atoms with van der Waals surface area (Å²) in [6.45, 7) is 3.87. The minimum atomic E-state index is -1.37. The number of rotatable bonds is 8. The molecule has 0 aromatic carbocycles. The van der Waals surface area contributed by atoms with E-state index in [0.29, 0.717) is 12.8 Å². The summed E-state index contributed by atoms with van der Waals surface area (Å²) >= 11 is 0. The minimum absolute atomic E-state index is 0. The zero-order chi connectivity index (χ0) is 14.6. The maximum atomic E-state index is 9.84. The van der Waals surface area contributed by atoms with E-state index in [0.717, 1.165) is 25.7 Å². The fourth-order valence-corrected chi connectivity index (χ4v) is 1.03. The summed E-state index contributed by atoms with van der Waals surface area (Å²) in [5.41, 5.74) is 0. The van der Waals surface area contributed by atoms with Crippen LogP contribution in [0.25, 0.3) is 0 Å². The molecule has 108 valence electrons. The molecular weight excluding hydrogens is 377 g/mol. The molecular formula is C12H22BaO6. The fraction of sp³-hybridized carbons (Fsp3) is 0.833. The van der Waals surface area contributed by atoms with Gasteiger partial charge in [0, 0.05) is 0 Å². The molecule has 0 heterocycles. The van der Waals surface area contributed by atoms with Gasteiger partial charge in [0.25, 0.3) is 0 Å². The smallest absolute Gasteiger partial charge is 0.547 e. The van der Waals surface area contributed by atoms with E-state index in [2.05, 4.69) is 0 Å². The molecule has 0 rings (SSSR count). The van der Waals surface area contributed by atoms with Gasteiger partial charge in [-0.15, -0.1) is 0 Å². The molecule has 0 aromatic rings. The molecule has 0 aliphatic heterocycles. The normalized spacial score (nSPS) is 12.4. The van der Waals surface area contributed by atoms with Crippen molar-refractivity contribution in [2.75, 3.05) is 0 Å². The Morgan fingerprint density at radius 1 is 0.895 bits per heavy atom. The van der Waals surface area contributed by atoms with Gasteiger partial charge in [-0.25, -0.2) is 0 Å². The molecule has 0 saturated carbocycles. The van der Waals surface area contributed by atoms with Gasteiger partial charge in [-0.05, 0) is 12.8 Å². The second-order valence-electron chi connectivity index (χ2n) is 3.95. The first kappa shape index (κ1) is 24.4. The third-order valence-electron chi connectivity index (χ3n) is 2.21. The average Bonchev–Trinajstić information content (AvgIpc) is 2.33. The number of hydrogen-bond acceptors (Lipinski definition) is 6. The second-order valence-corrected chi connectivity index (χ2v) is 3.95. The van der Waals surface area contributed by atoms with Crippen LogP contribution in [-0.2, 0) is 9.59 Å². The van der Waals surface area contributed by atoms with Gasteiger partial charge < -0.3 is 30.0 Å². The number of unbranched alkanes of at least 4 members (excludes halogenated alkanes) is 2. The van der Waals surface area contributed by atoms with Crippen LogP contribution in [-0.4, -0.2) is 83.2 Å². The van der Waals surface area contributed by atoms with Gasteiger partial charge in [0.05, 0.1) is 24.1 Å². The average molecular weight is 400 g/mol. The number of carbonyl (C=O) groups is 2. The van der Waals surface area contributed by atoms with E-state index in [-0.39, 0.29) is 48.9 Å². The summed E-state index contributed by atoms with van der Waals surface area (Å²) in [7, 11) is 0. The Hall–Kier alpha value is 0.431. The van der Waals surface area contributed by atoms with Gasteiger partial charge in [0.15, 0.2) is 0 Å². The van der Waals surface area contributed by atoms with Crippen LogP contribution in [0, 0.1) is 0 Å². The van der Waals surface area contributed by atoms with Gasteiger partial charge >= 0.3 is 48.9 Å². The van der Waals surface area contributed by atoms with Crippen LogP contribution in [0.4, 0.5) is 0 Å². The molecule has 0 unspecified atom stereocenters. The molecule has 0 aromatic heterocycles. The standard InChI is InChI=1S/2C6H12O3.Ba/c2*1-2-3-4-5(7)6(8)9;/h2*5,7H,2-4H2,1H3,(H,8,9);/q;;+2/p-2/t2*5-;/m00./s1. The predicted molar refractivity (Wildman–Crippen MR) is 66.8 cm³/mol. The van der Waals surface area contributed by atoms with Crippen molar-refractivity contribution in [2.45, 2.75) is 64.6 Å². The maximum absolute atomic E-state index is 9.84. The number of carboxylic acid groups (broad SMARTS) is 2.